The van der Waals surface area contributed by atoms with E-state index in [-0.39, 0.29) is 17.9 Å². The van der Waals surface area contributed by atoms with Crippen molar-refractivity contribution in [2.75, 3.05) is 6.54 Å². The van der Waals surface area contributed by atoms with Crippen molar-refractivity contribution in [3.8, 4) is 0 Å². The minimum absolute atomic E-state index is 0.0376. The lowest BCUT2D eigenvalue weighted by Crippen LogP contribution is -2.31. The summed E-state index contributed by atoms with van der Waals surface area (Å²) >= 11 is 0. The number of rotatable bonds is 7. The lowest BCUT2D eigenvalue weighted by Gasteiger charge is -2.20. The molecule has 0 aliphatic heterocycles. The summed E-state index contributed by atoms with van der Waals surface area (Å²) in [6.45, 7) is 11.1. The third-order valence-electron chi connectivity index (χ3n) is 3.88. The van der Waals surface area contributed by atoms with Gasteiger partial charge in [0.05, 0.1) is 6.04 Å². The zero-order valence-electron chi connectivity index (χ0n) is 14.1. The Morgan fingerprint density at radius 2 is 1.90 bits per heavy atom. The Balaban J connectivity index is 2.61. The number of nitrogens with one attached hydrogen (secondary N) is 1. The van der Waals surface area contributed by atoms with Crippen molar-refractivity contribution >= 4 is 5.91 Å². The Hall–Kier alpha value is -1.35. The quantitative estimate of drug-likeness (QED) is 0.807. The maximum atomic E-state index is 12.2. The molecule has 3 N–H and O–H groups in total. The number of benzene rings is 1. The molecule has 0 heterocycles. The van der Waals surface area contributed by atoms with E-state index in [1.54, 1.807) is 0 Å². The van der Waals surface area contributed by atoms with Gasteiger partial charge in [0.25, 0.3) is 0 Å². The first-order chi connectivity index (χ1) is 9.83. The van der Waals surface area contributed by atoms with Gasteiger partial charge in [0, 0.05) is 6.42 Å². The highest BCUT2D eigenvalue weighted by molar-refractivity contribution is 5.76. The van der Waals surface area contributed by atoms with Crippen molar-refractivity contribution in [1.29, 1.82) is 0 Å². The molecule has 0 aliphatic rings. The fourth-order valence-electron chi connectivity index (χ4n) is 2.88. The molecule has 0 saturated carbocycles. The monoisotopic (exact) mass is 290 g/mol. The van der Waals surface area contributed by atoms with Crippen molar-refractivity contribution in [1.82, 2.24) is 5.32 Å². The molecule has 0 aliphatic carbocycles. The number of aryl methyl sites for hydroxylation is 2. The van der Waals surface area contributed by atoms with Gasteiger partial charge in [-0.25, -0.2) is 0 Å². The number of nitrogens with two attached hydrogens (primary N) is 1. The van der Waals surface area contributed by atoms with Gasteiger partial charge < -0.3 is 11.1 Å². The van der Waals surface area contributed by atoms with Crippen LogP contribution in [-0.4, -0.2) is 12.5 Å². The molecule has 3 heteroatoms. The van der Waals surface area contributed by atoms with Gasteiger partial charge in [-0.3, -0.25) is 4.79 Å². The predicted molar refractivity (Wildman–Crippen MR) is 89.1 cm³/mol. The van der Waals surface area contributed by atoms with Crippen LogP contribution in [0, 0.1) is 25.7 Å². The Labute approximate surface area is 129 Å². The highest BCUT2D eigenvalue weighted by atomic mass is 16.1. The molecule has 0 fully saturated rings. The molecule has 21 heavy (non-hydrogen) atoms. The van der Waals surface area contributed by atoms with Crippen LogP contribution >= 0.6 is 0 Å². The van der Waals surface area contributed by atoms with Crippen molar-refractivity contribution in [3.63, 3.8) is 0 Å². The molecule has 0 aromatic heterocycles. The van der Waals surface area contributed by atoms with E-state index in [0.29, 0.717) is 18.9 Å². The maximum absolute atomic E-state index is 12.2. The summed E-state index contributed by atoms with van der Waals surface area (Å²) < 4.78 is 0. The van der Waals surface area contributed by atoms with Crippen LogP contribution in [0.25, 0.3) is 0 Å². The van der Waals surface area contributed by atoms with Gasteiger partial charge >= 0.3 is 0 Å². The fourth-order valence-corrected chi connectivity index (χ4v) is 2.88. The van der Waals surface area contributed by atoms with Gasteiger partial charge in [-0.15, -0.1) is 0 Å². The Morgan fingerprint density at radius 3 is 2.43 bits per heavy atom. The van der Waals surface area contributed by atoms with E-state index in [9.17, 15) is 4.79 Å². The van der Waals surface area contributed by atoms with Crippen LogP contribution < -0.4 is 11.1 Å². The van der Waals surface area contributed by atoms with Gasteiger partial charge in [-0.05, 0) is 56.7 Å². The van der Waals surface area contributed by atoms with Gasteiger partial charge in [-0.2, -0.15) is 0 Å². The van der Waals surface area contributed by atoms with E-state index in [1.165, 1.54) is 16.7 Å². The molecular formula is C18H30N2O. The highest BCUT2D eigenvalue weighted by Crippen LogP contribution is 2.20. The molecule has 3 nitrogen and oxygen atoms in total. The molecule has 118 valence electrons. The van der Waals surface area contributed by atoms with Crippen molar-refractivity contribution in [3.05, 3.63) is 34.9 Å². The highest BCUT2D eigenvalue weighted by Gasteiger charge is 2.17. The molecule has 0 saturated heterocycles. The third-order valence-corrected chi connectivity index (χ3v) is 3.88. The summed E-state index contributed by atoms with van der Waals surface area (Å²) in [7, 11) is 0. The number of hydrogen-bond donors (Lipinski definition) is 2. The lowest BCUT2D eigenvalue weighted by atomic mass is 9.93. The molecule has 0 bridgehead atoms. The van der Waals surface area contributed by atoms with E-state index in [4.69, 9.17) is 5.73 Å². The number of amides is 1. The van der Waals surface area contributed by atoms with Crippen molar-refractivity contribution in [2.45, 2.75) is 53.5 Å². The van der Waals surface area contributed by atoms with Crippen molar-refractivity contribution < 1.29 is 4.79 Å². The van der Waals surface area contributed by atoms with Gasteiger partial charge in [0.15, 0.2) is 0 Å². The first-order valence-electron chi connectivity index (χ1n) is 7.90. The summed E-state index contributed by atoms with van der Waals surface area (Å²) in [6.07, 6.45) is 1.52. The Bertz CT molecular complexity index is 468. The van der Waals surface area contributed by atoms with E-state index >= 15 is 0 Å². The zero-order chi connectivity index (χ0) is 16.0. The summed E-state index contributed by atoms with van der Waals surface area (Å²) in [5.41, 5.74) is 9.42. The molecule has 1 rings (SSSR count). The third kappa shape index (κ3) is 5.88. The molecule has 1 unspecified atom stereocenters. The van der Waals surface area contributed by atoms with Crippen LogP contribution in [-0.2, 0) is 4.79 Å². The number of carbonyl (C=O) groups is 1. The van der Waals surface area contributed by atoms with Crippen LogP contribution in [0.2, 0.25) is 0 Å². The van der Waals surface area contributed by atoms with Crippen molar-refractivity contribution in [2.24, 2.45) is 17.6 Å². The fraction of sp³-hybridized carbons (Fsp3) is 0.611. The van der Waals surface area contributed by atoms with Gasteiger partial charge in [-0.1, -0.05) is 37.6 Å². The lowest BCUT2D eigenvalue weighted by molar-refractivity contribution is -0.122. The normalized spacial score (nSPS) is 14.0. The molecule has 0 radical (unpaired) electrons. The SMILES string of the molecule is Cc1ccc(C(C)NC(=O)C[C@@H](CN)CC(C)C)c(C)c1. The minimum atomic E-state index is 0.0376. The van der Waals surface area contributed by atoms with Gasteiger partial charge in [0.2, 0.25) is 5.91 Å². The minimum Gasteiger partial charge on any atom is -0.350 e. The molecular weight excluding hydrogens is 260 g/mol. The summed E-state index contributed by atoms with van der Waals surface area (Å²) in [4.78, 5) is 12.2. The van der Waals surface area contributed by atoms with E-state index in [2.05, 4.69) is 51.2 Å². The standard InChI is InChI=1S/C18H30N2O/c1-12(2)8-16(11-19)10-18(21)20-15(5)17-7-6-13(3)9-14(17)4/h6-7,9,12,15-16H,8,10-11,19H2,1-5H3,(H,20,21)/t15?,16-/m0/s1. The van der Waals surface area contributed by atoms with E-state index in [0.717, 1.165) is 6.42 Å². The molecule has 1 aromatic carbocycles. The average molecular weight is 290 g/mol. The summed E-state index contributed by atoms with van der Waals surface area (Å²) in [5.74, 6) is 0.943. The number of carbonyl (C=O) groups excluding carboxylic acids is 1. The molecule has 0 spiro atoms. The van der Waals surface area contributed by atoms with Crippen LogP contribution in [0.15, 0.2) is 18.2 Å². The largest absolute Gasteiger partial charge is 0.350 e. The molecule has 2 atom stereocenters. The summed E-state index contributed by atoms with van der Waals surface area (Å²) in [5, 5.41) is 3.10. The summed E-state index contributed by atoms with van der Waals surface area (Å²) in [6, 6.07) is 6.38. The smallest absolute Gasteiger partial charge is 0.220 e. The maximum Gasteiger partial charge on any atom is 0.220 e. The molecule has 1 amide bonds. The second-order valence-corrected chi connectivity index (χ2v) is 6.58. The Kier molecular flexibility index (Phi) is 6.90. The van der Waals surface area contributed by atoms with Crippen LogP contribution in [0.4, 0.5) is 0 Å². The second kappa shape index (κ2) is 8.18. The van der Waals surface area contributed by atoms with Crippen LogP contribution in [0.1, 0.15) is 56.3 Å². The first-order valence-corrected chi connectivity index (χ1v) is 7.90. The van der Waals surface area contributed by atoms with Crippen LogP contribution in [0.5, 0.6) is 0 Å². The van der Waals surface area contributed by atoms with E-state index < -0.39 is 0 Å². The molecule has 1 aromatic rings. The van der Waals surface area contributed by atoms with Gasteiger partial charge in [0.1, 0.15) is 0 Å². The van der Waals surface area contributed by atoms with E-state index in [1.807, 2.05) is 6.92 Å². The number of hydrogen-bond acceptors (Lipinski definition) is 2. The predicted octanol–water partition coefficient (Wildman–Crippen LogP) is 3.49. The first kappa shape index (κ1) is 17.7. The Morgan fingerprint density at radius 1 is 1.24 bits per heavy atom. The average Bonchev–Trinajstić information content (AvgIpc) is 2.36. The van der Waals surface area contributed by atoms with Crippen LogP contribution in [0.3, 0.4) is 0 Å². The topological polar surface area (TPSA) is 55.1 Å². The zero-order valence-corrected chi connectivity index (χ0v) is 14.1. The second-order valence-electron chi connectivity index (χ2n) is 6.58.